The minimum Gasteiger partial charge on any atom is -0.493 e. The third kappa shape index (κ3) is 4.08. The van der Waals surface area contributed by atoms with Gasteiger partial charge in [-0.3, -0.25) is 9.36 Å². The molecule has 2 heterocycles. The zero-order valence-corrected chi connectivity index (χ0v) is 20.8. The van der Waals surface area contributed by atoms with E-state index in [0.29, 0.717) is 50.6 Å². The molecule has 0 spiro atoms. The highest BCUT2D eigenvalue weighted by atomic mass is 16.7. The summed E-state index contributed by atoms with van der Waals surface area (Å²) < 4.78 is 34.1. The van der Waals surface area contributed by atoms with E-state index >= 15 is 0 Å². The van der Waals surface area contributed by atoms with E-state index < -0.39 is 5.97 Å². The average Bonchev–Trinajstić information content (AvgIpc) is 3.41. The van der Waals surface area contributed by atoms with Crippen LogP contribution in [0, 0.1) is 0 Å². The van der Waals surface area contributed by atoms with Gasteiger partial charge in [0.15, 0.2) is 23.0 Å². The number of esters is 1. The number of methoxy groups -OCH3 is 4. The highest BCUT2D eigenvalue weighted by molar-refractivity contribution is 6.07. The van der Waals surface area contributed by atoms with Crippen molar-refractivity contribution in [1.82, 2.24) is 4.57 Å². The van der Waals surface area contributed by atoms with Crippen LogP contribution >= 0.6 is 0 Å². The third-order valence-electron chi connectivity index (χ3n) is 6.29. The topological polar surface area (TPSA) is 94.5 Å². The number of pyridine rings is 1. The van der Waals surface area contributed by atoms with Crippen LogP contribution in [0.5, 0.6) is 28.7 Å². The second-order valence-electron chi connectivity index (χ2n) is 8.25. The molecule has 0 atom stereocenters. The Morgan fingerprint density at radius 2 is 1.54 bits per heavy atom. The van der Waals surface area contributed by atoms with Gasteiger partial charge in [-0.05, 0) is 46.8 Å². The SMILES string of the molecule is COC(=O)c1c(-c2cc(OC)c(OC)c(OC)c2)c2ccccc2c(=O)n1Cc1ccc2c(c1)OCO2. The van der Waals surface area contributed by atoms with E-state index in [1.54, 1.807) is 42.5 Å². The molecule has 0 unspecified atom stereocenters. The van der Waals surface area contributed by atoms with Gasteiger partial charge in [0.2, 0.25) is 12.5 Å². The number of fused-ring (bicyclic) bond motifs is 2. The van der Waals surface area contributed by atoms with Gasteiger partial charge < -0.3 is 28.4 Å². The fourth-order valence-electron chi connectivity index (χ4n) is 4.60. The lowest BCUT2D eigenvalue weighted by molar-refractivity contribution is 0.0588. The normalized spacial score (nSPS) is 11.9. The van der Waals surface area contributed by atoms with Crippen LogP contribution in [0.3, 0.4) is 0 Å². The summed E-state index contributed by atoms with van der Waals surface area (Å²) >= 11 is 0. The number of ether oxygens (including phenoxy) is 6. The Hall–Kier alpha value is -4.66. The molecule has 1 aliphatic heterocycles. The molecule has 5 rings (SSSR count). The summed E-state index contributed by atoms with van der Waals surface area (Å²) in [6, 6.07) is 16.0. The molecule has 0 saturated carbocycles. The van der Waals surface area contributed by atoms with Gasteiger partial charge in [-0.1, -0.05) is 24.3 Å². The van der Waals surface area contributed by atoms with Crippen LogP contribution in [0.2, 0.25) is 0 Å². The molecule has 0 bridgehead atoms. The lowest BCUT2D eigenvalue weighted by atomic mass is 9.95. The Labute approximate surface area is 212 Å². The average molecular weight is 504 g/mol. The third-order valence-corrected chi connectivity index (χ3v) is 6.29. The van der Waals surface area contributed by atoms with Crippen molar-refractivity contribution in [1.29, 1.82) is 0 Å². The number of hydrogen-bond acceptors (Lipinski definition) is 8. The molecule has 190 valence electrons. The molecule has 0 fully saturated rings. The first-order valence-corrected chi connectivity index (χ1v) is 11.4. The minimum atomic E-state index is -0.660. The van der Waals surface area contributed by atoms with Crippen molar-refractivity contribution in [3.05, 3.63) is 76.2 Å². The summed E-state index contributed by atoms with van der Waals surface area (Å²) in [5.41, 5.74) is 1.61. The number of hydrogen-bond donors (Lipinski definition) is 0. The monoisotopic (exact) mass is 503 g/mol. The Morgan fingerprint density at radius 1 is 0.865 bits per heavy atom. The van der Waals surface area contributed by atoms with Gasteiger partial charge in [-0.25, -0.2) is 4.79 Å². The van der Waals surface area contributed by atoms with Gasteiger partial charge in [0.1, 0.15) is 5.69 Å². The lowest BCUT2D eigenvalue weighted by Crippen LogP contribution is -2.28. The van der Waals surface area contributed by atoms with Crippen LogP contribution in [-0.2, 0) is 11.3 Å². The number of carbonyl (C=O) groups is 1. The van der Waals surface area contributed by atoms with Crippen molar-refractivity contribution < 1.29 is 33.2 Å². The quantitative estimate of drug-likeness (QED) is 0.346. The fraction of sp³-hybridized carbons (Fsp3) is 0.214. The van der Waals surface area contributed by atoms with Gasteiger partial charge in [-0.2, -0.15) is 0 Å². The maximum Gasteiger partial charge on any atom is 0.355 e. The van der Waals surface area contributed by atoms with E-state index in [9.17, 15) is 9.59 Å². The minimum absolute atomic E-state index is 0.0955. The van der Waals surface area contributed by atoms with Crippen molar-refractivity contribution in [3.63, 3.8) is 0 Å². The van der Waals surface area contributed by atoms with Crippen LogP contribution in [0.25, 0.3) is 21.9 Å². The molecule has 0 saturated heterocycles. The fourth-order valence-corrected chi connectivity index (χ4v) is 4.60. The van der Waals surface area contributed by atoms with Crippen LogP contribution in [0.1, 0.15) is 16.1 Å². The van der Waals surface area contributed by atoms with E-state index in [0.717, 1.165) is 5.56 Å². The molecule has 9 heteroatoms. The van der Waals surface area contributed by atoms with E-state index in [2.05, 4.69) is 0 Å². The molecule has 37 heavy (non-hydrogen) atoms. The van der Waals surface area contributed by atoms with Crippen molar-refractivity contribution in [2.24, 2.45) is 0 Å². The number of aromatic nitrogens is 1. The lowest BCUT2D eigenvalue weighted by Gasteiger charge is -2.20. The summed E-state index contributed by atoms with van der Waals surface area (Å²) in [7, 11) is 5.83. The van der Waals surface area contributed by atoms with Crippen LogP contribution in [0.15, 0.2) is 59.4 Å². The first-order valence-electron chi connectivity index (χ1n) is 11.4. The summed E-state index contributed by atoms with van der Waals surface area (Å²) in [4.78, 5) is 27.1. The molecule has 0 amide bonds. The highest BCUT2D eigenvalue weighted by Gasteiger charge is 2.26. The number of nitrogens with zero attached hydrogens (tertiary/aromatic N) is 1. The van der Waals surface area contributed by atoms with E-state index in [1.165, 1.54) is 33.0 Å². The number of benzene rings is 3. The molecule has 9 nitrogen and oxygen atoms in total. The largest absolute Gasteiger partial charge is 0.493 e. The summed E-state index contributed by atoms with van der Waals surface area (Å²) in [5, 5.41) is 1.03. The first-order chi connectivity index (χ1) is 18.0. The first kappa shape index (κ1) is 24.1. The zero-order valence-electron chi connectivity index (χ0n) is 20.8. The summed E-state index contributed by atoms with van der Waals surface area (Å²) in [6.07, 6.45) is 0. The van der Waals surface area contributed by atoms with E-state index in [-0.39, 0.29) is 24.6 Å². The maximum atomic E-state index is 13.8. The second kappa shape index (κ2) is 9.77. The van der Waals surface area contributed by atoms with Crippen molar-refractivity contribution >= 4 is 16.7 Å². The molecule has 3 aromatic carbocycles. The number of rotatable bonds is 7. The molecule has 1 aromatic heterocycles. The molecular formula is C28H25NO8. The predicted octanol–water partition coefficient (Wildman–Crippen LogP) is 4.26. The molecule has 4 aromatic rings. The zero-order chi connectivity index (χ0) is 26.1. The Balaban J connectivity index is 1.83. The van der Waals surface area contributed by atoms with Crippen molar-refractivity contribution in [2.75, 3.05) is 35.2 Å². The Morgan fingerprint density at radius 3 is 2.19 bits per heavy atom. The van der Waals surface area contributed by atoms with E-state index in [1.807, 2.05) is 12.1 Å². The molecule has 0 aliphatic carbocycles. The second-order valence-corrected chi connectivity index (χ2v) is 8.25. The van der Waals surface area contributed by atoms with Crippen LogP contribution in [0.4, 0.5) is 0 Å². The van der Waals surface area contributed by atoms with Gasteiger partial charge in [0.05, 0.1) is 35.0 Å². The summed E-state index contributed by atoms with van der Waals surface area (Å²) in [5.74, 6) is 1.77. The van der Waals surface area contributed by atoms with Gasteiger partial charge >= 0.3 is 5.97 Å². The maximum absolute atomic E-state index is 13.8. The highest BCUT2D eigenvalue weighted by Crippen LogP contribution is 2.43. The van der Waals surface area contributed by atoms with E-state index in [4.69, 9.17) is 28.4 Å². The molecule has 0 radical (unpaired) electrons. The van der Waals surface area contributed by atoms with Crippen molar-refractivity contribution in [3.8, 4) is 39.9 Å². The van der Waals surface area contributed by atoms with Gasteiger partial charge in [0.25, 0.3) is 5.56 Å². The molecule has 1 aliphatic rings. The smallest absolute Gasteiger partial charge is 0.355 e. The number of carbonyl (C=O) groups excluding carboxylic acids is 1. The van der Waals surface area contributed by atoms with Crippen molar-refractivity contribution in [2.45, 2.75) is 6.54 Å². The summed E-state index contributed by atoms with van der Waals surface area (Å²) in [6.45, 7) is 0.232. The Kier molecular flexibility index (Phi) is 6.35. The standard InChI is InChI=1S/C28H25NO8/c1-32-22-12-17(13-23(33-2)26(22)34-3)24-18-7-5-6-8-19(18)27(30)29(25(24)28(31)35-4)14-16-9-10-20-21(11-16)37-15-36-20/h5-13H,14-15H2,1-4H3. The molecular weight excluding hydrogens is 478 g/mol. The Bertz CT molecular complexity index is 1550. The predicted molar refractivity (Wildman–Crippen MR) is 136 cm³/mol. The van der Waals surface area contributed by atoms with Crippen LogP contribution in [-0.4, -0.2) is 45.8 Å². The van der Waals surface area contributed by atoms with Gasteiger partial charge in [0, 0.05) is 10.9 Å². The van der Waals surface area contributed by atoms with Crippen LogP contribution < -0.4 is 29.2 Å². The molecule has 0 N–H and O–H groups in total. The van der Waals surface area contributed by atoms with Gasteiger partial charge in [-0.15, -0.1) is 0 Å².